The molecule has 0 spiro atoms. The van der Waals surface area contributed by atoms with Crippen LogP contribution in [0.3, 0.4) is 0 Å². The molecule has 0 atom stereocenters. The number of halogens is 13. The molecule has 0 aliphatic rings. The van der Waals surface area contributed by atoms with E-state index in [1.807, 2.05) is 0 Å². The van der Waals surface area contributed by atoms with Crippen LogP contribution in [0.1, 0.15) is 5.56 Å². The molecule has 0 bridgehead atoms. The molecule has 0 aliphatic heterocycles. The third-order valence-corrected chi connectivity index (χ3v) is 4.03. The maximum absolute atomic E-state index is 13.7. The van der Waals surface area contributed by atoms with Crippen molar-refractivity contribution in [2.45, 2.75) is 35.8 Å². The smallest absolute Gasteiger partial charge is 0.460 e. The first kappa shape index (κ1) is 29.1. The molecule has 0 radical (unpaired) electrons. The van der Waals surface area contributed by atoms with Crippen molar-refractivity contribution in [3.05, 3.63) is 23.8 Å². The van der Waals surface area contributed by atoms with Crippen molar-refractivity contribution in [1.82, 2.24) is 5.43 Å². The molecular formula is C16H11F13N2O3. The molecule has 0 fully saturated rings. The Morgan fingerprint density at radius 2 is 1.29 bits per heavy atom. The number of hydrogen-bond acceptors (Lipinski definition) is 4. The van der Waals surface area contributed by atoms with Crippen molar-refractivity contribution >= 4 is 12.1 Å². The lowest BCUT2D eigenvalue weighted by Crippen LogP contribution is -2.71. The topological polar surface area (TPSA) is 59.9 Å². The number of hydrazone groups is 1. The number of rotatable bonds is 9. The number of benzene rings is 1. The van der Waals surface area contributed by atoms with E-state index >= 15 is 0 Å². The Bertz CT molecular complexity index is 929. The second-order valence-electron chi connectivity index (χ2n) is 6.18. The van der Waals surface area contributed by atoms with Crippen LogP contribution >= 0.6 is 0 Å². The zero-order valence-corrected chi connectivity index (χ0v) is 16.4. The van der Waals surface area contributed by atoms with Gasteiger partial charge in [0.15, 0.2) is 0 Å². The van der Waals surface area contributed by atoms with Crippen molar-refractivity contribution in [3.8, 4) is 11.5 Å². The van der Waals surface area contributed by atoms with E-state index in [-0.39, 0.29) is 17.1 Å². The first-order chi connectivity index (χ1) is 15.1. The van der Waals surface area contributed by atoms with Gasteiger partial charge in [-0.3, -0.25) is 4.79 Å². The predicted octanol–water partition coefficient (Wildman–Crippen LogP) is 4.89. The average Bonchev–Trinajstić information content (AvgIpc) is 2.71. The van der Waals surface area contributed by atoms with Gasteiger partial charge >= 0.3 is 41.7 Å². The number of carbonyl (C=O) groups is 1. The summed E-state index contributed by atoms with van der Waals surface area (Å²) in [7, 11) is 2.26. The number of nitrogens with one attached hydrogen (secondary N) is 1. The summed E-state index contributed by atoms with van der Waals surface area (Å²) in [4.78, 5) is 11.3. The molecule has 0 aromatic heterocycles. The Balaban J connectivity index is 3.29. The number of ether oxygens (including phenoxy) is 2. The fourth-order valence-corrected chi connectivity index (χ4v) is 2.08. The number of nitrogens with zero attached hydrogens (tertiary/aromatic N) is 1. The lowest BCUT2D eigenvalue weighted by Gasteiger charge is -2.38. The van der Waals surface area contributed by atoms with E-state index in [1.54, 1.807) is 0 Å². The number of amides is 1. The normalized spacial score (nSPS) is 14.3. The summed E-state index contributed by atoms with van der Waals surface area (Å²) in [5.41, 5.74) is 0.380. The minimum Gasteiger partial charge on any atom is -0.497 e. The van der Waals surface area contributed by atoms with Gasteiger partial charge in [0, 0.05) is 5.56 Å². The van der Waals surface area contributed by atoms with E-state index in [4.69, 9.17) is 9.47 Å². The fraction of sp³-hybridized carbons (Fsp3) is 0.500. The Hall–Kier alpha value is -2.95. The number of carbonyl (C=O) groups excluding carboxylic acids is 1. The molecule has 0 heterocycles. The minimum atomic E-state index is -8.11. The van der Waals surface area contributed by atoms with Crippen LogP contribution in [-0.2, 0) is 4.79 Å². The van der Waals surface area contributed by atoms with Gasteiger partial charge < -0.3 is 9.47 Å². The van der Waals surface area contributed by atoms with Gasteiger partial charge in [0.2, 0.25) is 0 Å². The SMILES string of the molecule is COc1ccc(OC)c(/C=N/NC(=O)C(F)(F)C(F)(F)C(F)(F)C(F)(F)C(F)(F)C(F)(F)F)c1. The largest absolute Gasteiger partial charge is 0.497 e. The Morgan fingerprint density at radius 1 is 0.794 bits per heavy atom. The molecule has 0 aliphatic carbocycles. The van der Waals surface area contributed by atoms with Crippen LogP contribution in [0.5, 0.6) is 11.5 Å². The van der Waals surface area contributed by atoms with Crippen LogP contribution in [0.4, 0.5) is 57.1 Å². The first-order valence-corrected chi connectivity index (χ1v) is 8.14. The molecule has 1 amide bonds. The lowest BCUT2D eigenvalue weighted by atomic mass is 9.93. The zero-order chi connectivity index (χ0) is 27.0. The zero-order valence-electron chi connectivity index (χ0n) is 16.4. The van der Waals surface area contributed by atoms with Crippen molar-refractivity contribution in [3.63, 3.8) is 0 Å². The molecule has 0 unspecified atom stereocenters. The quantitative estimate of drug-likeness (QED) is 0.283. The third kappa shape index (κ3) is 4.53. The second-order valence-corrected chi connectivity index (χ2v) is 6.18. The van der Waals surface area contributed by atoms with Crippen molar-refractivity contribution in [2.24, 2.45) is 5.10 Å². The summed E-state index contributed by atoms with van der Waals surface area (Å²) < 4.78 is 179. The molecule has 194 valence electrons. The maximum atomic E-state index is 13.7. The van der Waals surface area contributed by atoms with Crippen LogP contribution in [0.25, 0.3) is 0 Å². The van der Waals surface area contributed by atoms with Crippen LogP contribution in [0.2, 0.25) is 0 Å². The standard InChI is InChI=1S/C16H11F13N2O3/c1-33-8-3-4-9(34-2)7(5-8)6-30-31-10(32)11(17,18)12(19,20)13(21,22)14(23,24)15(25,26)16(27,28)29/h3-6H,1-2H3,(H,31,32)/b30-6+. The molecule has 0 saturated carbocycles. The molecule has 1 rings (SSSR count). The van der Waals surface area contributed by atoms with E-state index in [9.17, 15) is 61.9 Å². The van der Waals surface area contributed by atoms with E-state index in [0.717, 1.165) is 13.2 Å². The van der Waals surface area contributed by atoms with E-state index in [0.29, 0.717) is 11.6 Å². The monoisotopic (exact) mass is 526 g/mol. The predicted molar refractivity (Wildman–Crippen MR) is 86.1 cm³/mol. The van der Waals surface area contributed by atoms with Crippen LogP contribution in [0, 0.1) is 0 Å². The van der Waals surface area contributed by atoms with Gasteiger partial charge in [-0.1, -0.05) is 0 Å². The Morgan fingerprint density at radius 3 is 1.74 bits per heavy atom. The van der Waals surface area contributed by atoms with Crippen molar-refractivity contribution < 1.29 is 71.3 Å². The second kappa shape index (κ2) is 9.01. The molecule has 1 N–H and O–H groups in total. The summed E-state index contributed by atoms with van der Waals surface area (Å²) in [5.74, 6) is -42.3. The number of alkyl halides is 13. The summed E-state index contributed by atoms with van der Waals surface area (Å²) in [5, 5.41) is 2.70. The molecular weight excluding hydrogens is 515 g/mol. The number of methoxy groups -OCH3 is 2. The van der Waals surface area contributed by atoms with Crippen molar-refractivity contribution in [1.29, 1.82) is 0 Å². The molecule has 1 aromatic carbocycles. The molecule has 18 heteroatoms. The highest BCUT2D eigenvalue weighted by atomic mass is 19.4. The van der Waals surface area contributed by atoms with E-state index < -0.39 is 41.7 Å². The minimum absolute atomic E-state index is 0.0814. The number of hydrogen-bond donors (Lipinski definition) is 1. The summed E-state index contributed by atoms with van der Waals surface area (Å²) >= 11 is 0. The summed E-state index contributed by atoms with van der Waals surface area (Å²) in [6.07, 6.45) is -7.13. The van der Waals surface area contributed by atoms with Crippen LogP contribution in [0.15, 0.2) is 23.3 Å². The van der Waals surface area contributed by atoms with Gasteiger partial charge in [-0.25, -0.2) is 5.43 Å². The van der Waals surface area contributed by atoms with Crippen LogP contribution < -0.4 is 14.9 Å². The van der Waals surface area contributed by atoms with Crippen molar-refractivity contribution in [2.75, 3.05) is 14.2 Å². The summed E-state index contributed by atoms with van der Waals surface area (Å²) in [6.45, 7) is 0. The highest BCUT2D eigenvalue weighted by Gasteiger charge is 2.91. The Kier molecular flexibility index (Phi) is 7.71. The van der Waals surface area contributed by atoms with E-state index in [2.05, 4.69) is 5.10 Å². The first-order valence-electron chi connectivity index (χ1n) is 8.14. The highest BCUT2D eigenvalue weighted by Crippen LogP contribution is 2.60. The highest BCUT2D eigenvalue weighted by molar-refractivity contribution is 5.88. The van der Waals surface area contributed by atoms with Gasteiger partial charge in [-0.2, -0.15) is 62.2 Å². The maximum Gasteiger partial charge on any atom is 0.460 e. The van der Waals surface area contributed by atoms with Gasteiger partial charge in [0.05, 0.1) is 20.4 Å². The molecule has 34 heavy (non-hydrogen) atoms. The van der Waals surface area contributed by atoms with Gasteiger partial charge in [0.1, 0.15) is 11.5 Å². The molecule has 0 saturated heterocycles. The van der Waals surface area contributed by atoms with Gasteiger partial charge in [0.25, 0.3) is 0 Å². The average molecular weight is 526 g/mol. The lowest BCUT2D eigenvalue weighted by molar-refractivity contribution is -0.436. The molecule has 1 aromatic rings. The molecule has 5 nitrogen and oxygen atoms in total. The Labute approximate surface area is 180 Å². The van der Waals surface area contributed by atoms with Gasteiger partial charge in [-0.15, -0.1) is 0 Å². The van der Waals surface area contributed by atoms with Crippen LogP contribution in [-0.4, -0.2) is 62.1 Å². The van der Waals surface area contributed by atoms with E-state index in [1.165, 1.54) is 19.2 Å². The third-order valence-electron chi connectivity index (χ3n) is 4.03. The fourth-order valence-electron chi connectivity index (χ4n) is 2.08. The van der Waals surface area contributed by atoms with Gasteiger partial charge in [-0.05, 0) is 18.2 Å². The summed E-state index contributed by atoms with van der Waals surface area (Å²) in [6, 6.07) is 3.59.